The molecule has 0 aliphatic heterocycles. The standard InChI is InChI=1S/C10H22NO5P/c1-7-14-17(13,15-8-2)11(6)9(12)16-10(3,4)5/h7-8H2,1-6H3. The Morgan fingerprint density at radius 1 is 1.18 bits per heavy atom. The number of ether oxygens (including phenoxy) is 1. The van der Waals surface area contributed by atoms with E-state index in [1.165, 1.54) is 7.05 Å². The second-order valence-electron chi connectivity index (χ2n) is 4.31. The lowest BCUT2D eigenvalue weighted by molar-refractivity contribution is 0.0357. The molecule has 17 heavy (non-hydrogen) atoms. The van der Waals surface area contributed by atoms with Crippen molar-refractivity contribution in [2.75, 3.05) is 20.3 Å². The topological polar surface area (TPSA) is 65.1 Å². The lowest BCUT2D eigenvalue weighted by Gasteiger charge is -2.28. The highest BCUT2D eigenvalue weighted by molar-refractivity contribution is 7.52. The quantitative estimate of drug-likeness (QED) is 0.716. The predicted octanol–water partition coefficient (Wildman–Crippen LogP) is 3.03. The molecule has 1 amide bonds. The van der Waals surface area contributed by atoms with E-state index in [0.29, 0.717) is 0 Å². The fourth-order valence-electron chi connectivity index (χ4n) is 0.965. The van der Waals surface area contributed by atoms with Crippen molar-refractivity contribution in [1.82, 2.24) is 4.67 Å². The van der Waals surface area contributed by atoms with Crippen LogP contribution in [0.2, 0.25) is 0 Å². The summed E-state index contributed by atoms with van der Waals surface area (Å²) in [6.07, 6.45) is -0.734. The van der Waals surface area contributed by atoms with Crippen LogP contribution in [0.3, 0.4) is 0 Å². The summed E-state index contributed by atoms with van der Waals surface area (Å²) < 4.78 is 28.2. The van der Waals surface area contributed by atoms with Crippen LogP contribution in [0.25, 0.3) is 0 Å². The molecule has 0 aromatic heterocycles. The van der Waals surface area contributed by atoms with Gasteiger partial charge in [0.05, 0.1) is 13.2 Å². The molecule has 0 radical (unpaired) electrons. The molecule has 0 spiro atoms. The fourth-order valence-corrected chi connectivity index (χ4v) is 2.28. The number of hydrogen-bond donors (Lipinski definition) is 0. The lowest BCUT2D eigenvalue weighted by Crippen LogP contribution is -2.33. The average molecular weight is 267 g/mol. The highest BCUT2D eigenvalue weighted by atomic mass is 31.2. The SMILES string of the molecule is CCOP(=O)(OCC)N(C)C(=O)OC(C)(C)C. The summed E-state index contributed by atoms with van der Waals surface area (Å²) in [4.78, 5) is 11.7. The number of carbonyl (C=O) groups is 1. The van der Waals surface area contributed by atoms with Gasteiger partial charge in [-0.05, 0) is 34.6 Å². The third-order valence-corrected chi connectivity index (χ3v) is 3.68. The molecule has 0 aliphatic carbocycles. The van der Waals surface area contributed by atoms with Gasteiger partial charge in [0.2, 0.25) is 0 Å². The first-order valence-corrected chi connectivity index (χ1v) is 7.02. The average Bonchev–Trinajstić information content (AvgIpc) is 2.14. The zero-order valence-electron chi connectivity index (χ0n) is 11.3. The molecule has 6 nitrogen and oxygen atoms in total. The molecule has 0 aromatic rings. The van der Waals surface area contributed by atoms with Crippen molar-refractivity contribution in [3.8, 4) is 0 Å². The molecule has 7 heteroatoms. The third-order valence-electron chi connectivity index (χ3n) is 1.61. The minimum absolute atomic E-state index is 0.185. The van der Waals surface area contributed by atoms with E-state index in [0.717, 1.165) is 4.67 Å². The van der Waals surface area contributed by atoms with Gasteiger partial charge < -0.3 is 4.74 Å². The van der Waals surface area contributed by atoms with E-state index in [2.05, 4.69) is 0 Å². The number of carbonyl (C=O) groups excluding carboxylic acids is 1. The molecular weight excluding hydrogens is 245 g/mol. The van der Waals surface area contributed by atoms with Crippen LogP contribution in [-0.2, 0) is 18.3 Å². The predicted molar refractivity (Wildman–Crippen MR) is 64.9 cm³/mol. The summed E-state index contributed by atoms with van der Waals surface area (Å²) in [6, 6.07) is 0. The smallest absolute Gasteiger partial charge is 0.439 e. The second-order valence-corrected chi connectivity index (χ2v) is 6.36. The van der Waals surface area contributed by atoms with Gasteiger partial charge in [0, 0.05) is 7.05 Å². The van der Waals surface area contributed by atoms with Crippen LogP contribution in [0, 0.1) is 0 Å². The van der Waals surface area contributed by atoms with Crippen LogP contribution in [-0.4, -0.2) is 36.6 Å². The van der Waals surface area contributed by atoms with Gasteiger partial charge in [0.15, 0.2) is 0 Å². The first-order valence-electron chi connectivity index (χ1n) is 5.52. The monoisotopic (exact) mass is 267 g/mol. The fraction of sp³-hybridized carbons (Fsp3) is 0.900. The first kappa shape index (κ1) is 16.4. The third kappa shape index (κ3) is 5.52. The van der Waals surface area contributed by atoms with Crippen molar-refractivity contribution >= 4 is 13.8 Å². The van der Waals surface area contributed by atoms with Gasteiger partial charge in [-0.3, -0.25) is 9.05 Å². The molecule has 0 fully saturated rings. The highest BCUT2D eigenvalue weighted by Crippen LogP contribution is 2.51. The summed E-state index contributed by atoms with van der Waals surface area (Å²) in [5.41, 5.74) is -0.658. The van der Waals surface area contributed by atoms with Crippen LogP contribution in [0.5, 0.6) is 0 Å². The Hall–Kier alpha value is -0.580. The Bertz CT molecular complexity index is 290. The molecule has 0 saturated carbocycles. The van der Waals surface area contributed by atoms with Crippen molar-refractivity contribution in [3.05, 3.63) is 0 Å². The summed E-state index contributed by atoms with van der Waals surface area (Å²) in [5.74, 6) is 0. The summed E-state index contributed by atoms with van der Waals surface area (Å²) >= 11 is 0. The number of rotatable bonds is 5. The summed E-state index contributed by atoms with van der Waals surface area (Å²) in [5, 5.41) is 0. The minimum Gasteiger partial charge on any atom is -0.443 e. The minimum atomic E-state index is -3.59. The molecule has 0 bridgehead atoms. The van der Waals surface area contributed by atoms with Gasteiger partial charge in [-0.1, -0.05) is 0 Å². The van der Waals surface area contributed by atoms with Gasteiger partial charge in [-0.15, -0.1) is 0 Å². The van der Waals surface area contributed by atoms with Crippen LogP contribution in [0.15, 0.2) is 0 Å². The summed E-state index contributed by atoms with van der Waals surface area (Å²) in [6.45, 7) is 8.90. The molecule has 0 heterocycles. The van der Waals surface area contributed by atoms with E-state index >= 15 is 0 Å². The molecule has 0 N–H and O–H groups in total. The van der Waals surface area contributed by atoms with Crippen molar-refractivity contribution in [3.63, 3.8) is 0 Å². The Kier molecular flexibility index (Phi) is 6.16. The molecule has 0 saturated heterocycles. The lowest BCUT2D eigenvalue weighted by atomic mass is 10.2. The first-order chi connectivity index (χ1) is 7.66. The maximum atomic E-state index is 12.2. The van der Waals surface area contributed by atoms with Crippen LogP contribution in [0.4, 0.5) is 4.79 Å². The molecule has 0 atom stereocenters. The van der Waals surface area contributed by atoms with E-state index < -0.39 is 19.4 Å². The molecule has 0 aliphatic rings. The zero-order valence-corrected chi connectivity index (χ0v) is 12.2. The molecular formula is C10H22NO5P. The molecule has 0 aromatic carbocycles. The zero-order chi connectivity index (χ0) is 13.7. The van der Waals surface area contributed by atoms with E-state index in [1.807, 2.05) is 0 Å². The van der Waals surface area contributed by atoms with Gasteiger partial charge in [-0.2, -0.15) is 0 Å². The van der Waals surface area contributed by atoms with Crippen molar-refractivity contribution < 1.29 is 23.1 Å². The van der Waals surface area contributed by atoms with E-state index in [9.17, 15) is 9.36 Å². The highest BCUT2D eigenvalue weighted by Gasteiger charge is 2.36. The van der Waals surface area contributed by atoms with Gasteiger partial charge in [0.1, 0.15) is 5.60 Å². The Labute approximate surface area is 103 Å². The normalized spacial score (nSPS) is 12.4. The van der Waals surface area contributed by atoms with E-state index in [4.69, 9.17) is 13.8 Å². The van der Waals surface area contributed by atoms with Gasteiger partial charge in [-0.25, -0.2) is 14.0 Å². The number of nitrogens with zero attached hydrogens (tertiary/aromatic N) is 1. The van der Waals surface area contributed by atoms with Crippen molar-refractivity contribution in [2.45, 2.75) is 40.2 Å². The van der Waals surface area contributed by atoms with Crippen molar-refractivity contribution in [2.24, 2.45) is 0 Å². The maximum absolute atomic E-state index is 12.2. The molecule has 0 unspecified atom stereocenters. The van der Waals surface area contributed by atoms with Crippen LogP contribution < -0.4 is 0 Å². The molecule has 0 rings (SSSR count). The van der Waals surface area contributed by atoms with Gasteiger partial charge in [0.25, 0.3) is 0 Å². The number of amides is 1. The molecule has 102 valence electrons. The maximum Gasteiger partial charge on any atom is 0.439 e. The van der Waals surface area contributed by atoms with Crippen LogP contribution in [0.1, 0.15) is 34.6 Å². The second kappa shape index (κ2) is 6.38. The Morgan fingerprint density at radius 3 is 1.88 bits per heavy atom. The van der Waals surface area contributed by atoms with E-state index in [1.54, 1.807) is 34.6 Å². The largest absolute Gasteiger partial charge is 0.443 e. The summed E-state index contributed by atoms with van der Waals surface area (Å²) in [7, 11) is -2.26. The Balaban J connectivity index is 4.78. The number of hydrogen-bond acceptors (Lipinski definition) is 5. The van der Waals surface area contributed by atoms with E-state index in [-0.39, 0.29) is 13.2 Å². The van der Waals surface area contributed by atoms with Crippen LogP contribution >= 0.6 is 7.75 Å². The Morgan fingerprint density at radius 2 is 1.59 bits per heavy atom. The van der Waals surface area contributed by atoms with Crippen molar-refractivity contribution in [1.29, 1.82) is 0 Å². The van der Waals surface area contributed by atoms with Gasteiger partial charge >= 0.3 is 13.8 Å².